The van der Waals surface area contributed by atoms with E-state index in [4.69, 9.17) is 18.9 Å². The fourth-order valence-corrected chi connectivity index (χ4v) is 12.9. The molecule has 0 bridgehead atoms. The number of carbonyl (C=O) groups excluding carboxylic acids is 6. The maximum absolute atomic E-state index is 13.0. The zero-order valence-corrected chi connectivity index (χ0v) is 56.6. The number of hydrogen-bond acceptors (Lipinski definition) is 20. The molecule has 2 aliphatic rings. The van der Waals surface area contributed by atoms with Gasteiger partial charge in [0.1, 0.15) is 24.4 Å². The highest BCUT2D eigenvalue weighted by Crippen LogP contribution is 2.36. The highest BCUT2D eigenvalue weighted by molar-refractivity contribution is 7.99. The Bertz CT molecular complexity index is 3460. The van der Waals surface area contributed by atoms with Gasteiger partial charge in [0.25, 0.3) is 35.2 Å². The lowest BCUT2D eigenvalue weighted by atomic mass is 9.88. The van der Waals surface area contributed by atoms with Crippen LogP contribution in [0.3, 0.4) is 0 Å². The van der Waals surface area contributed by atoms with Gasteiger partial charge in [-0.05, 0) is 106 Å². The number of hydrogen-bond donors (Lipinski definition) is 14. The molecule has 0 aliphatic carbocycles. The van der Waals surface area contributed by atoms with Crippen LogP contribution in [0.1, 0.15) is 81.0 Å². The normalized spacial score (nSPS) is 21.6. The minimum Gasteiger partial charge on any atom is -0.477 e. The van der Waals surface area contributed by atoms with Crippen molar-refractivity contribution in [2.45, 2.75) is 112 Å². The van der Waals surface area contributed by atoms with Crippen LogP contribution in [-0.2, 0) is 38.1 Å². The summed E-state index contributed by atoms with van der Waals surface area (Å²) >= 11 is 2.91. The number of nitrogens with one attached hydrogen (secondary N) is 6. The average Bonchev–Trinajstić information content (AvgIpc) is 0.773. The van der Waals surface area contributed by atoms with Crippen molar-refractivity contribution in [2.24, 2.45) is 0 Å². The van der Waals surface area contributed by atoms with Crippen molar-refractivity contribution in [3.63, 3.8) is 0 Å². The van der Waals surface area contributed by atoms with E-state index in [0.29, 0.717) is 60.1 Å². The monoisotopic (exact) mass is 1420 g/mol. The molecule has 0 unspecified atom stereocenters. The number of aliphatic hydroxyl groups is 6. The van der Waals surface area contributed by atoms with Crippen molar-refractivity contribution in [1.82, 2.24) is 31.9 Å². The maximum Gasteiger partial charge on any atom is 0.364 e. The Balaban J connectivity index is 0.704. The summed E-state index contributed by atoms with van der Waals surface area (Å²) in [7, 11) is 0. The van der Waals surface area contributed by atoms with Crippen LogP contribution in [0.2, 0.25) is 0 Å². The van der Waals surface area contributed by atoms with Crippen LogP contribution < -0.4 is 31.9 Å². The quantitative estimate of drug-likeness (QED) is 0.0253. The van der Waals surface area contributed by atoms with E-state index < -0.39 is 134 Å². The molecule has 100 heavy (non-hydrogen) atoms. The molecule has 8 rings (SSSR count). The van der Waals surface area contributed by atoms with E-state index in [9.17, 15) is 79.2 Å². The first-order chi connectivity index (χ1) is 48.0. The number of amides is 6. The smallest absolute Gasteiger partial charge is 0.364 e. The third-order valence-electron chi connectivity index (χ3n) is 16.7. The van der Waals surface area contributed by atoms with Crippen LogP contribution in [0.5, 0.6) is 0 Å². The first kappa shape index (κ1) is 77.1. The van der Waals surface area contributed by atoms with E-state index in [-0.39, 0.29) is 36.2 Å². The molecule has 6 aromatic rings. The van der Waals surface area contributed by atoms with Crippen molar-refractivity contribution >= 4 is 70.9 Å². The van der Waals surface area contributed by atoms with E-state index in [1.54, 1.807) is 97.1 Å². The molecule has 6 amide bonds. The molecular formula is C72H84N6O20S2. The number of rotatable bonds is 35. The zero-order valence-electron chi connectivity index (χ0n) is 55.0. The van der Waals surface area contributed by atoms with Gasteiger partial charge in [0.15, 0.2) is 0 Å². The third kappa shape index (κ3) is 21.2. The average molecular weight is 1420 g/mol. The highest BCUT2D eigenvalue weighted by Gasteiger charge is 2.57. The van der Waals surface area contributed by atoms with Crippen LogP contribution in [-0.4, -0.2) is 223 Å². The lowest BCUT2D eigenvalue weighted by Gasteiger charge is -2.46. The molecule has 534 valence electrons. The van der Waals surface area contributed by atoms with Crippen LogP contribution >= 0.6 is 23.5 Å². The fourth-order valence-electron chi connectivity index (χ4n) is 11.4. The molecule has 0 aromatic heterocycles. The summed E-state index contributed by atoms with van der Waals surface area (Å²) in [6, 6.07) is 43.6. The van der Waals surface area contributed by atoms with Crippen molar-refractivity contribution in [3.05, 3.63) is 180 Å². The SMILES string of the molecule is CC(=O)N[C@H]1[C@H]([C@H](O)[C@H](O)CNC(=O)c2ccc(-c3ccccc3)cc2)O[C@@](OCCCSCCNC(=O)c2ccc(-c3ccc(C(=O)NCCSCCCO[C@]4(C(=O)O)C[C@H](O)[C@@H](NC(C)=O)[C@H]([C@H](O)[C@H](O)CNC(=O)c5ccc(-c6ccccc6)cc5)O4)cc3)cc2)(C(=O)O)C[C@@H]1O. The Hall–Kier alpha value is -8.62. The summed E-state index contributed by atoms with van der Waals surface area (Å²) in [6.07, 6.45) is -14.5. The Morgan fingerprint density at radius 2 is 0.730 bits per heavy atom. The maximum atomic E-state index is 13.0. The van der Waals surface area contributed by atoms with Gasteiger partial charge in [-0.3, -0.25) is 28.8 Å². The Morgan fingerprint density at radius 3 is 1.02 bits per heavy atom. The van der Waals surface area contributed by atoms with E-state index in [1.807, 2.05) is 60.7 Å². The molecule has 2 heterocycles. The van der Waals surface area contributed by atoms with Gasteiger partial charge in [-0.25, -0.2) is 9.59 Å². The van der Waals surface area contributed by atoms with Gasteiger partial charge < -0.3 is 91.7 Å². The molecule has 28 heteroatoms. The van der Waals surface area contributed by atoms with Crippen molar-refractivity contribution in [3.8, 4) is 33.4 Å². The van der Waals surface area contributed by atoms with Crippen LogP contribution in [0.15, 0.2) is 158 Å². The van der Waals surface area contributed by atoms with Crippen molar-refractivity contribution in [1.29, 1.82) is 0 Å². The second-order valence-electron chi connectivity index (χ2n) is 24.0. The minimum absolute atomic E-state index is 0.165. The summed E-state index contributed by atoms with van der Waals surface area (Å²) in [5.74, 6) is -9.26. The lowest BCUT2D eigenvalue weighted by Crippen LogP contribution is -2.68. The molecule has 0 spiro atoms. The molecule has 6 aromatic carbocycles. The lowest BCUT2D eigenvalue weighted by molar-refractivity contribution is -0.310. The Morgan fingerprint density at radius 1 is 0.440 bits per heavy atom. The largest absolute Gasteiger partial charge is 0.477 e. The van der Waals surface area contributed by atoms with E-state index in [0.717, 1.165) is 47.2 Å². The molecule has 12 atom stereocenters. The predicted molar refractivity (Wildman–Crippen MR) is 372 cm³/mol. The molecule has 2 aliphatic heterocycles. The summed E-state index contributed by atoms with van der Waals surface area (Å²) in [5.41, 5.74) is 6.61. The number of carboxylic acids is 2. The summed E-state index contributed by atoms with van der Waals surface area (Å²) in [6.45, 7) is 1.58. The zero-order chi connectivity index (χ0) is 71.9. The number of ether oxygens (including phenoxy) is 4. The van der Waals surface area contributed by atoms with Crippen LogP contribution in [0.4, 0.5) is 0 Å². The van der Waals surface area contributed by atoms with E-state index >= 15 is 0 Å². The first-order valence-electron chi connectivity index (χ1n) is 32.5. The number of carbonyl (C=O) groups is 8. The van der Waals surface area contributed by atoms with Gasteiger partial charge in [0.2, 0.25) is 11.8 Å². The predicted octanol–water partition coefficient (Wildman–Crippen LogP) is 3.60. The molecule has 2 saturated heterocycles. The Kier molecular flexibility index (Phi) is 28.7. The number of benzene rings is 6. The number of thioether (sulfide) groups is 2. The summed E-state index contributed by atoms with van der Waals surface area (Å²) in [5, 5.41) is 103. The minimum atomic E-state index is -2.48. The van der Waals surface area contributed by atoms with Gasteiger partial charge in [-0.1, -0.05) is 109 Å². The molecule has 2 fully saturated rings. The van der Waals surface area contributed by atoms with Crippen molar-refractivity contribution < 1.29 is 98.2 Å². The highest BCUT2D eigenvalue weighted by atomic mass is 32.2. The number of aliphatic hydroxyl groups excluding tert-OH is 6. The van der Waals surface area contributed by atoms with Gasteiger partial charge >= 0.3 is 11.9 Å². The molecule has 26 nitrogen and oxygen atoms in total. The van der Waals surface area contributed by atoms with E-state index in [1.165, 1.54) is 23.5 Å². The fraction of sp³-hybridized carbons (Fsp3) is 0.389. The van der Waals surface area contributed by atoms with Gasteiger partial charge in [0.05, 0.1) is 49.7 Å². The molecule has 0 radical (unpaired) electrons. The summed E-state index contributed by atoms with van der Waals surface area (Å²) < 4.78 is 23.2. The number of carboxylic acid groups (broad SMARTS) is 2. The van der Waals surface area contributed by atoms with E-state index in [2.05, 4.69) is 31.9 Å². The van der Waals surface area contributed by atoms with Gasteiger partial charge in [0, 0.05) is 86.6 Å². The Labute approximate surface area is 585 Å². The van der Waals surface area contributed by atoms with Crippen LogP contribution in [0.25, 0.3) is 33.4 Å². The van der Waals surface area contributed by atoms with Gasteiger partial charge in [-0.15, -0.1) is 0 Å². The van der Waals surface area contributed by atoms with Crippen molar-refractivity contribution in [2.75, 3.05) is 62.4 Å². The molecule has 14 N–H and O–H groups in total. The second kappa shape index (κ2) is 37.2. The first-order valence-corrected chi connectivity index (χ1v) is 34.8. The topological polar surface area (TPSA) is 408 Å². The standard InChI is InChI=1S/C72H84N6O20S2/c1-43(79)77-59-55(81)39-71(69(91)92,97-63(59)61(85)57(83)41-75-67(89)53-27-15-47(16-28-53)45-11-5-3-6-12-45)95-33-9-35-99-37-31-73-65(87)51-23-19-49(20-24-51)50-21-25-52(26-22-50)66(88)74-32-38-100-36-10-34-96-72(70(93)94)40-56(82)60(78-44(2)80)64(98-72)62(86)58(84)42-76-68(90)54-29-17-48(18-30-54)46-13-7-4-8-14-46/h3-8,11-30,55-64,81-86H,9-10,31-42H2,1-2H3,(H,73,87)(H,74,88)(H,75,89)(H,76,90)(H,77,79)(H,78,80)(H,91,92)(H,93,94)/t55-,56-,57+,58+,59+,60+,61+,62+,63+,64+,71+,72+/m0/s1. The summed E-state index contributed by atoms with van der Waals surface area (Å²) in [4.78, 5) is 102. The molecule has 0 saturated carbocycles. The second-order valence-corrected chi connectivity index (χ2v) is 26.4. The third-order valence-corrected chi connectivity index (χ3v) is 18.8. The van der Waals surface area contributed by atoms with Crippen LogP contribution in [0, 0.1) is 0 Å². The van der Waals surface area contributed by atoms with Gasteiger partial charge in [-0.2, -0.15) is 23.5 Å². The molecular weight excluding hydrogens is 1330 g/mol. The number of aliphatic carboxylic acids is 2.